The summed E-state index contributed by atoms with van der Waals surface area (Å²) in [7, 11) is 0. The molecule has 1 unspecified atom stereocenters. The van der Waals surface area contributed by atoms with Gasteiger partial charge in [-0.1, -0.05) is 29.8 Å². The summed E-state index contributed by atoms with van der Waals surface area (Å²) in [6.45, 7) is 1.48. The molecule has 4 aromatic rings. The predicted octanol–water partition coefficient (Wildman–Crippen LogP) is 5.35. The summed E-state index contributed by atoms with van der Waals surface area (Å²) in [6.07, 6.45) is 4.94. The molecule has 1 aromatic heterocycles. The van der Waals surface area contributed by atoms with Crippen LogP contribution in [-0.2, 0) is 16.1 Å². The lowest BCUT2D eigenvalue weighted by molar-refractivity contribution is -0.111. The van der Waals surface area contributed by atoms with Gasteiger partial charge < -0.3 is 24.8 Å². The highest BCUT2D eigenvalue weighted by molar-refractivity contribution is 6.32. The second kappa shape index (κ2) is 14.0. The van der Waals surface area contributed by atoms with Gasteiger partial charge in [0.25, 0.3) is 0 Å². The van der Waals surface area contributed by atoms with Crippen molar-refractivity contribution in [1.29, 1.82) is 5.26 Å². The Kier molecular flexibility index (Phi) is 9.66. The van der Waals surface area contributed by atoms with Gasteiger partial charge in [-0.15, -0.1) is 0 Å². The molecular formula is C31H28ClFN6O4. The van der Waals surface area contributed by atoms with E-state index in [4.69, 9.17) is 31.7 Å². The maximum absolute atomic E-state index is 13.5. The van der Waals surface area contributed by atoms with E-state index >= 15 is 0 Å². The number of pyridine rings is 1. The van der Waals surface area contributed by atoms with Crippen LogP contribution in [0.2, 0.25) is 5.02 Å². The molecule has 1 aliphatic rings. The lowest BCUT2D eigenvalue weighted by Gasteiger charge is -2.18. The smallest absolute Gasteiger partial charge is 0.248 e. The number of ether oxygens (including phenoxy) is 3. The van der Waals surface area contributed by atoms with E-state index in [1.54, 1.807) is 48.5 Å². The minimum atomic E-state index is -0.387. The van der Waals surface area contributed by atoms with Gasteiger partial charge in [-0.05, 0) is 42.0 Å². The van der Waals surface area contributed by atoms with Gasteiger partial charge in [0, 0.05) is 42.4 Å². The third-order valence-corrected chi connectivity index (χ3v) is 6.81. The lowest BCUT2D eigenvalue weighted by atomic mass is 10.1. The number of hydrazine groups is 1. The first-order valence-corrected chi connectivity index (χ1v) is 13.8. The Balaban J connectivity index is 1.45. The molecule has 1 atom stereocenters. The summed E-state index contributed by atoms with van der Waals surface area (Å²) in [5.74, 6) is 5.38. The molecule has 0 radical (unpaired) electrons. The molecule has 5 N–H and O–H groups in total. The van der Waals surface area contributed by atoms with Gasteiger partial charge in [0.15, 0.2) is 0 Å². The fourth-order valence-corrected chi connectivity index (χ4v) is 4.69. The van der Waals surface area contributed by atoms with Crippen molar-refractivity contribution in [2.45, 2.75) is 19.1 Å². The van der Waals surface area contributed by atoms with Crippen molar-refractivity contribution in [1.82, 2.24) is 10.4 Å². The van der Waals surface area contributed by atoms with E-state index < -0.39 is 0 Å². The number of rotatable bonds is 11. The number of nitrogens with zero attached hydrogens (tertiary/aromatic N) is 2. The molecule has 1 fully saturated rings. The highest BCUT2D eigenvalue weighted by Gasteiger charge is 2.21. The number of amides is 1. The number of nitrogens with one attached hydrogen (secondary N) is 3. The number of fused-ring (bicyclic) bond motifs is 1. The number of nitriles is 1. The molecule has 3 aromatic carbocycles. The maximum Gasteiger partial charge on any atom is 0.248 e. The van der Waals surface area contributed by atoms with Crippen LogP contribution in [0, 0.1) is 17.1 Å². The zero-order chi connectivity index (χ0) is 30.2. The first-order valence-electron chi connectivity index (χ1n) is 13.4. The third kappa shape index (κ3) is 7.57. The summed E-state index contributed by atoms with van der Waals surface area (Å²) >= 11 is 6.51. The molecule has 0 saturated carbocycles. The Bertz CT molecular complexity index is 1700. The zero-order valence-corrected chi connectivity index (χ0v) is 23.7. The van der Waals surface area contributed by atoms with Crippen LogP contribution in [0.3, 0.4) is 0 Å². The number of hydrogen-bond acceptors (Lipinski definition) is 9. The zero-order valence-electron chi connectivity index (χ0n) is 22.9. The van der Waals surface area contributed by atoms with Gasteiger partial charge in [0.1, 0.15) is 36.1 Å². The van der Waals surface area contributed by atoms with Gasteiger partial charge in [-0.2, -0.15) is 5.26 Å². The summed E-state index contributed by atoms with van der Waals surface area (Å²) in [5, 5.41) is 16.9. The predicted molar refractivity (Wildman–Crippen MR) is 162 cm³/mol. The number of carbonyl (C=O) groups excluding carboxylic acids is 1. The van der Waals surface area contributed by atoms with Crippen LogP contribution in [0.5, 0.6) is 11.5 Å². The summed E-state index contributed by atoms with van der Waals surface area (Å²) in [5.41, 5.74) is 5.38. The Morgan fingerprint density at radius 3 is 2.86 bits per heavy atom. The van der Waals surface area contributed by atoms with Crippen molar-refractivity contribution >= 4 is 45.5 Å². The second-order valence-corrected chi connectivity index (χ2v) is 10.0. The Morgan fingerprint density at radius 1 is 1.23 bits per heavy atom. The van der Waals surface area contributed by atoms with E-state index in [0.29, 0.717) is 76.2 Å². The van der Waals surface area contributed by atoms with Crippen LogP contribution in [0.15, 0.2) is 72.9 Å². The van der Waals surface area contributed by atoms with Gasteiger partial charge >= 0.3 is 0 Å². The molecule has 43 heavy (non-hydrogen) atoms. The lowest BCUT2D eigenvalue weighted by Crippen LogP contribution is -2.22. The van der Waals surface area contributed by atoms with Crippen LogP contribution in [-0.4, -0.2) is 36.8 Å². The normalized spacial score (nSPS) is 14.5. The number of nitrogens with two attached hydrogens (primary N) is 1. The van der Waals surface area contributed by atoms with Crippen molar-refractivity contribution in [2.75, 3.05) is 30.4 Å². The van der Waals surface area contributed by atoms with Crippen molar-refractivity contribution in [2.24, 2.45) is 5.84 Å². The monoisotopic (exact) mass is 602 g/mol. The molecule has 1 aliphatic heterocycles. The van der Waals surface area contributed by atoms with Crippen molar-refractivity contribution in [3.63, 3.8) is 0 Å². The molecular weight excluding hydrogens is 575 g/mol. The van der Waals surface area contributed by atoms with E-state index in [-0.39, 0.29) is 30.0 Å². The fourth-order valence-electron chi connectivity index (χ4n) is 4.46. The number of benzene rings is 3. The van der Waals surface area contributed by atoms with Crippen LogP contribution in [0.25, 0.3) is 10.9 Å². The number of halogens is 2. The van der Waals surface area contributed by atoms with Crippen LogP contribution >= 0.6 is 11.6 Å². The number of hydrogen-bond donors (Lipinski definition) is 4. The number of aromatic nitrogens is 1. The fraction of sp³-hybridized carbons (Fsp3) is 0.194. The van der Waals surface area contributed by atoms with Gasteiger partial charge in [0.2, 0.25) is 5.91 Å². The van der Waals surface area contributed by atoms with E-state index in [1.165, 1.54) is 24.4 Å². The molecule has 10 nitrogen and oxygen atoms in total. The average molecular weight is 603 g/mol. The minimum absolute atomic E-state index is 0.141. The molecule has 0 bridgehead atoms. The van der Waals surface area contributed by atoms with Gasteiger partial charge in [-0.25, -0.2) is 4.39 Å². The highest BCUT2D eigenvalue weighted by Crippen LogP contribution is 2.38. The van der Waals surface area contributed by atoms with Crippen molar-refractivity contribution in [3.8, 4) is 17.6 Å². The van der Waals surface area contributed by atoms with Crippen LogP contribution in [0.1, 0.15) is 17.5 Å². The van der Waals surface area contributed by atoms with E-state index in [0.717, 1.165) is 0 Å². The maximum atomic E-state index is 13.5. The SMILES string of the molecule is N#Cc1cnc2cc(OC3CCOC3)c(NC(=O)/C=C/CNN)cc2c1Nc1ccc(OCc2cccc(F)c2)c(Cl)c1. The van der Waals surface area contributed by atoms with Crippen molar-refractivity contribution < 1.29 is 23.4 Å². The van der Waals surface area contributed by atoms with E-state index in [2.05, 4.69) is 27.1 Å². The summed E-state index contributed by atoms with van der Waals surface area (Å²) in [6, 6.07) is 16.8. The molecule has 2 heterocycles. The molecule has 0 spiro atoms. The topological polar surface area (TPSA) is 144 Å². The average Bonchev–Trinajstić information content (AvgIpc) is 3.51. The Hall–Kier alpha value is -4.73. The van der Waals surface area contributed by atoms with Crippen molar-refractivity contribution in [3.05, 3.63) is 94.9 Å². The molecule has 220 valence electrons. The molecule has 1 saturated heterocycles. The standard InChI is InChI=1S/C31H28ClFN6O4/c32-25-12-22(6-7-28(25)42-17-19-3-1-4-21(33)11-19)38-31-20(15-34)16-36-26-14-29(43-23-8-10-41-18-23)27(13-24(26)31)39-30(40)5-2-9-37-35/h1-7,11-14,16,23,37H,8-10,17-18,35H2,(H,36,38)(H,39,40)/b5-2+. The molecule has 5 rings (SSSR count). The van der Waals surface area contributed by atoms with Crippen LogP contribution in [0.4, 0.5) is 21.5 Å². The summed E-state index contributed by atoms with van der Waals surface area (Å²) in [4.78, 5) is 17.1. The van der Waals surface area contributed by atoms with Gasteiger partial charge in [-0.3, -0.25) is 21.0 Å². The first-order chi connectivity index (χ1) is 20.9. The summed E-state index contributed by atoms with van der Waals surface area (Å²) < 4.78 is 30.9. The molecule has 0 aliphatic carbocycles. The van der Waals surface area contributed by atoms with Crippen LogP contribution < -0.4 is 31.4 Å². The second-order valence-electron chi connectivity index (χ2n) is 9.62. The number of carbonyl (C=O) groups is 1. The quantitative estimate of drug-likeness (QED) is 0.101. The minimum Gasteiger partial charge on any atom is -0.487 e. The van der Waals surface area contributed by atoms with E-state index in [1.807, 2.05) is 0 Å². The first kappa shape index (κ1) is 29.8. The Labute approximate surface area is 252 Å². The largest absolute Gasteiger partial charge is 0.487 e. The van der Waals surface area contributed by atoms with E-state index in [9.17, 15) is 14.4 Å². The third-order valence-electron chi connectivity index (χ3n) is 6.52. The number of anilines is 3. The highest BCUT2D eigenvalue weighted by atomic mass is 35.5. The molecule has 1 amide bonds. The van der Waals surface area contributed by atoms with Gasteiger partial charge in [0.05, 0.1) is 40.7 Å². The Morgan fingerprint density at radius 2 is 2.12 bits per heavy atom. The molecule has 12 heteroatoms.